The summed E-state index contributed by atoms with van der Waals surface area (Å²) < 4.78 is 0. The minimum atomic E-state index is 0.192. The summed E-state index contributed by atoms with van der Waals surface area (Å²) in [6.07, 6.45) is 0. The molecule has 0 amide bonds. The summed E-state index contributed by atoms with van der Waals surface area (Å²) in [5, 5.41) is 1.21. The highest BCUT2D eigenvalue weighted by Crippen LogP contribution is 2.57. The molecule has 2 N–H and O–H groups in total. The molecule has 2 unspecified atom stereocenters. The summed E-state index contributed by atoms with van der Waals surface area (Å²) in [5.41, 5.74) is 7.37. The van der Waals surface area contributed by atoms with Crippen molar-refractivity contribution < 1.29 is 0 Å². The summed E-state index contributed by atoms with van der Waals surface area (Å²) in [7, 11) is 0. The van der Waals surface area contributed by atoms with Crippen molar-refractivity contribution in [1.82, 2.24) is 0 Å². The Balaban J connectivity index is 2.32. The summed E-state index contributed by atoms with van der Waals surface area (Å²) in [4.78, 5) is 0. The number of nitrogens with two attached hydrogens (primary N) is 1. The maximum absolute atomic E-state index is 5.99. The van der Waals surface area contributed by atoms with E-state index >= 15 is 0 Å². The lowest BCUT2D eigenvalue weighted by molar-refractivity contribution is 0.599. The van der Waals surface area contributed by atoms with Crippen molar-refractivity contribution in [1.29, 1.82) is 0 Å². The van der Waals surface area contributed by atoms with Gasteiger partial charge < -0.3 is 5.73 Å². The van der Waals surface area contributed by atoms with Crippen LogP contribution in [0.3, 0.4) is 0 Å². The lowest BCUT2D eigenvalue weighted by Gasteiger charge is -2.04. The van der Waals surface area contributed by atoms with Crippen LogP contribution >= 0.6 is 23.2 Å². The quantitative estimate of drug-likeness (QED) is 0.785. The fourth-order valence-electron chi connectivity index (χ4n) is 2.02. The third-order valence-corrected chi connectivity index (χ3v) is 3.95. The Kier molecular flexibility index (Phi) is 2.30. The molecule has 0 radical (unpaired) electrons. The molecule has 1 aromatic carbocycles. The second-order valence-electron chi connectivity index (χ2n) is 4.50. The van der Waals surface area contributed by atoms with E-state index < -0.39 is 0 Å². The second kappa shape index (κ2) is 3.13. The molecule has 2 atom stereocenters. The van der Waals surface area contributed by atoms with E-state index in [-0.39, 0.29) is 11.5 Å². The first-order valence-electron chi connectivity index (χ1n) is 4.65. The van der Waals surface area contributed by atoms with Crippen LogP contribution in [0.5, 0.6) is 0 Å². The van der Waals surface area contributed by atoms with Crippen molar-refractivity contribution in [3.63, 3.8) is 0 Å². The molecule has 14 heavy (non-hydrogen) atoms. The van der Waals surface area contributed by atoms with Gasteiger partial charge in [0.15, 0.2) is 0 Å². The Morgan fingerprint density at radius 2 is 1.79 bits per heavy atom. The number of halogens is 2. The molecule has 1 aromatic rings. The number of rotatable bonds is 1. The van der Waals surface area contributed by atoms with Gasteiger partial charge in [0.05, 0.1) is 10.0 Å². The predicted molar refractivity (Wildman–Crippen MR) is 61.0 cm³/mol. The van der Waals surface area contributed by atoms with Gasteiger partial charge in [0.2, 0.25) is 0 Å². The van der Waals surface area contributed by atoms with Crippen LogP contribution in [0.1, 0.15) is 25.3 Å². The molecule has 1 aliphatic rings. The lowest BCUT2D eigenvalue weighted by Crippen LogP contribution is -2.06. The molecule has 76 valence electrons. The largest absolute Gasteiger partial charge is 0.327 e. The Bertz CT molecular complexity index is 374. The van der Waals surface area contributed by atoms with Gasteiger partial charge in [-0.15, -0.1) is 0 Å². The molecule has 0 saturated heterocycles. The number of benzene rings is 1. The van der Waals surface area contributed by atoms with E-state index in [2.05, 4.69) is 13.8 Å². The Morgan fingerprint density at radius 3 is 2.21 bits per heavy atom. The van der Waals surface area contributed by atoms with E-state index in [1.54, 1.807) is 0 Å². The first-order chi connectivity index (χ1) is 6.44. The average Bonchev–Trinajstić information content (AvgIpc) is 2.58. The minimum absolute atomic E-state index is 0.192. The zero-order chi connectivity index (χ0) is 10.5. The molecular weight excluding hydrogens is 217 g/mol. The zero-order valence-corrected chi connectivity index (χ0v) is 9.73. The van der Waals surface area contributed by atoms with Crippen molar-refractivity contribution in [2.45, 2.75) is 25.8 Å². The van der Waals surface area contributed by atoms with E-state index in [0.717, 1.165) is 0 Å². The molecule has 0 aliphatic heterocycles. The third kappa shape index (κ3) is 1.44. The van der Waals surface area contributed by atoms with Gasteiger partial charge >= 0.3 is 0 Å². The predicted octanol–water partition coefficient (Wildman–Crippen LogP) is 3.44. The van der Waals surface area contributed by atoms with Crippen LogP contribution < -0.4 is 5.73 Å². The highest BCUT2D eigenvalue weighted by atomic mass is 35.5. The van der Waals surface area contributed by atoms with Crippen LogP contribution in [0, 0.1) is 5.41 Å². The molecule has 0 spiro atoms. The molecule has 1 aliphatic carbocycles. The SMILES string of the molecule is CC1(C)C(N)C1c1ccc(Cl)c(Cl)c1. The van der Waals surface area contributed by atoms with Crippen LogP contribution in [0.25, 0.3) is 0 Å². The first kappa shape index (κ1) is 10.3. The van der Waals surface area contributed by atoms with Crippen LogP contribution in [-0.4, -0.2) is 6.04 Å². The Labute approximate surface area is 94.2 Å². The summed E-state index contributed by atoms with van der Waals surface area (Å²) in [5.74, 6) is 0.414. The minimum Gasteiger partial charge on any atom is -0.327 e. The van der Waals surface area contributed by atoms with Gasteiger partial charge in [0.1, 0.15) is 0 Å². The number of hydrogen-bond donors (Lipinski definition) is 1. The number of hydrogen-bond acceptors (Lipinski definition) is 1. The van der Waals surface area contributed by atoms with Gasteiger partial charge in [-0.1, -0.05) is 43.1 Å². The Morgan fingerprint density at radius 1 is 1.21 bits per heavy atom. The van der Waals surface area contributed by atoms with E-state index in [4.69, 9.17) is 28.9 Å². The molecule has 2 rings (SSSR count). The first-order valence-corrected chi connectivity index (χ1v) is 5.40. The van der Waals surface area contributed by atoms with Crippen molar-refractivity contribution in [3.8, 4) is 0 Å². The van der Waals surface area contributed by atoms with Gasteiger partial charge in [0.25, 0.3) is 0 Å². The van der Waals surface area contributed by atoms with Gasteiger partial charge in [-0.05, 0) is 23.1 Å². The van der Waals surface area contributed by atoms with E-state index in [9.17, 15) is 0 Å². The van der Waals surface area contributed by atoms with Crippen LogP contribution in [0.2, 0.25) is 10.0 Å². The van der Waals surface area contributed by atoms with Gasteiger partial charge in [-0.25, -0.2) is 0 Å². The molecule has 0 heterocycles. The lowest BCUT2D eigenvalue weighted by atomic mass is 10.0. The van der Waals surface area contributed by atoms with Crippen molar-refractivity contribution in [3.05, 3.63) is 33.8 Å². The molecule has 3 heteroatoms. The molecule has 1 fully saturated rings. The fraction of sp³-hybridized carbons (Fsp3) is 0.455. The standard InChI is InChI=1S/C11H13Cl2N/c1-11(2)9(10(11)14)6-3-4-7(12)8(13)5-6/h3-5,9-10H,14H2,1-2H3. The van der Waals surface area contributed by atoms with Gasteiger partial charge in [-0.3, -0.25) is 0 Å². The second-order valence-corrected chi connectivity index (χ2v) is 5.31. The van der Waals surface area contributed by atoms with Crippen LogP contribution in [0.4, 0.5) is 0 Å². The highest BCUT2D eigenvalue weighted by molar-refractivity contribution is 6.42. The zero-order valence-electron chi connectivity index (χ0n) is 8.22. The molecular formula is C11H13Cl2N. The highest BCUT2D eigenvalue weighted by Gasteiger charge is 2.56. The fourth-order valence-corrected chi connectivity index (χ4v) is 2.33. The normalized spacial score (nSPS) is 28.9. The van der Waals surface area contributed by atoms with Crippen molar-refractivity contribution in [2.75, 3.05) is 0 Å². The van der Waals surface area contributed by atoms with Crippen LogP contribution in [-0.2, 0) is 0 Å². The van der Waals surface area contributed by atoms with E-state index in [1.807, 2.05) is 18.2 Å². The van der Waals surface area contributed by atoms with Crippen LogP contribution in [0.15, 0.2) is 18.2 Å². The van der Waals surface area contributed by atoms with E-state index in [0.29, 0.717) is 16.0 Å². The van der Waals surface area contributed by atoms with Gasteiger partial charge in [-0.2, -0.15) is 0 Å². The third-order valence-electron chi connectivity index (χ3n) is 3.21. The molecule has 1 nitrogen and oxygen atoms in total. The van der Waals surface area contributed by atoms with E-state index in [1.165, 1.54) is 5.56 Å². The smallest absolute Gasteiger partial charge is 0.0595 e. The average molecular weight is 230 g/mol. The molecule has 0 aromatic heterocycles. The van der Waals surface area contributed by atoms with Gasteiger partial charge in [0, 0.05) is 12.0 Å². The maximum atomic E-state index is 5.99. The maximum Gasteiger partial charge on any atom is 0.0595 e. The summed E-state index contributed by atoms with van der Waals surface area (Å²) in [6.45, 7) is 4.34. The topological polar surface area (TPSA) is 26.0 Å². The Hall–Kier alpha value is -0.240. The van der Waals surface area contributed by atoms with Crippen molar-refractivity contribution in [2.24, 2.45) is 11.1 Å². The van der Waals surface area contributed by atoms with Crippen molar-refractivity contribution >= 4 is 23.2 Å². The molecule has 1 saturated carbocycles. The molecule has 0 bridgehead atoms. The summed E-state index contributed by atoms with van der Waals surface area (Å²) in [6, 6.07) is 6.00. The summed E-state index contributed by atoms with van der Waals surface area (Å²) >= 11 is 11.8. The monoisotopic (exact) mass is 229 g/mol.